The van der Waals surface area contributed by atoms with Crippen molar-refractivity contribution in [2.45, 2.75) is 26.3 Å². The molecule has 1 fully saturated rings. The van der Waals surface area contributed by atoms with Gasteiger partial charge in [0.05, 0.1) is 14.9 Å². The molecule has 1 aliphatic rings. The topological polar surface area (TPSA) is 140 Å². The van der Waals surface area contributed by atoms with Crippen molar-refractivity contribution < 1.29 is 9.42 Å². The molecule has 1 saturated heterocycles. The number of carbonyl (C=O) groups is 1. The van der Waals surface area contributed by atoms with E-state index in [2.05, 4.69) is 40.7 Å². The van der Waals surface area contributed by atoms with Crippen LogP contribution in [0.2, 0.25) is 4.34 Å². The van der Waals surface area contributed by atoms with Gasteiger partial charge in [0.2, 0.25) is 11.6 Å². The zero-order chi connectivity index (χ0) is 20.4. The smallest absolute Gasteiger partial charge is 0.292 e. The molecule has 0 bridgehead atoms. The highest BCUT2D eigenvalue weighted by atomic mass is 35.5. The fraction of sp³-hybridized carbons (Fsp3) is 0.375. The molecule has 0 saturated carbocycles. The molecule has 3 aromatic heterocycles. The number of amides is 1. The molecule has 0 radical (unpaired) electrons. The van der Waals surface area contributed by atoms with Crippen molar-refractivity contribution >= 4 is 40.4 Å². The van der Waals surface area contributed by atoms with Gasteiger partial charge in [-0.3, -0.25) is 9.69 Å². The lowest BCUT2D eigenvalue weighted by Gasteiger charge is -2.13. The predicted octanol–water partition coefficient (Wildman–Crippen LogP) is 1.70. The van der Waals surface area contributed by atoms with E-state index in [1.54, 1.807) is 13.0 Å². The molecule has 1 amide bonds. The Bertz CT molecular complexity index is 1050. The quantitative estimate of drug-likeness (QED) is 0.440. The second kappa shape index (κ2) is 8.27. The van der Waals surface area contributed by atoms with Gasteiger partial charge in [-0.2, -0.15) is 9.78 Å². The van der Waals surface area contributed by atoms with Gasteiger partial charge in [0.25, 0.3) is 5.91 Å². The minimum absolute atomic E-state index is 0.00424. The van der Waals surface area contributed by atoms with Gasteiger partial charge >= 0.3 is 0 Å². The minimum atomic E-state index is -0.492. The van der Waals surface area contributed by atoms with Gasteiger partial charge in [0.1, 0.15) is 5.69 Å². The van der Waals surface area contributed by atoms with Crippen molar-refractivity contribution in [1.82, 2.24) is 35.6 Å². The average molecular weight is 436 g/mol. The van der Waals surface area contributed by atoms with Crippen molar-refractivity contribution in [2.75, 3.05) is 18.8 Å². The van der Waals surface area contributed by atoms with Crippen molar-refractivity contribution in [3.8, 4) is 5.82 Å². The summed E-state index contributed by atoms with van der Waals surface area (Å²) < 4.78 is 6.51. The number of rotatable bonds is 6. The molecule has 13 heteroatoms. The van der Waals surface area contributed by atoms with Crippen LogP contribution in [0.4, 0.5) is 5.82 Å². The summed E-state index contributed by atoms with van der Waals surface area (Å²) in [5, 5.41) is 19.7. The Morgan fingerprint density at radius 3 is 2.83 bits per heavy atom. The average Bonchev–Trinajstić information content (AvgIpc) is 3.48. The number of hydrogen-bond acceptors (Lipinski definition) is 10. The summed E-state index contributed by atoms with van der Waals surface area (Å²) in [5.74, 6) is -0.390. The summed E-state index contributed by atoms with van der Waals surface area (Å²) in [5.41, 5.74) is 9.63. The van der Waals surface area contributed by atoms with E-state index in [-0.39, 0.29) is 17.3 Å². The summed E-state index contributed by atoms with van der Waals surface area (Å²) in [4.78, 5) is 16.0. The third-order valence-electron chi connectivity index (χ3n) is 4.48. The van der Waals surface area contributed by atoms with Crippen LogP contribution in [0.3, 0.4) is 0 Å². The van der Waals surface area contributed by atoms with Crippen molar-refractivity contribution in [1.29, 1.82) is 0 Å². The summed E-state index contributed by atoms with van der Waals surface area (Å²) in [6.45, 7) is 4.15. The second-order valence-corrected chi connectivity index (χ2v) is 8.21. The number of aromatic nitrogens is 5. The van der Waals surface area contributed by atoms with Crippen LogP contribution in [0.15, 0.2) is 21.9 Å². The molecular weight excluding hydrogens is 418 g/mol. The number of nitrogens with two attached hydrogens (primary N) is 1. The maximum absolute atomic E-state index is 13.0. The molecule has 0 aromatic carbocycles. The van der Waals surface area contributed by atoms with Crippen LogP contribution in [0, 0.1) is 0 Å². The fourth-order valence-electron chi connectivity index (χ4n) is 3.04. The highest BCUT2D eigenvalue weighted by Crippen LogP contribution is 2.22. The standard InChI is InChI=1S/C16H18ClN9O2S/c1-9(11-4-5-12(17)29-11)19-21-16(27)13-10(8-25-6-2-3-7-25)20-24-26(13)15-14(18)22-28-23-15/h4-5H,2-3,6-8H2,1H3,(H2,18,22)(H,21,27). The third kappa shape index (κ3) is 4.13. The molecule has 0 spiro atoms. The van der Waals surface area contributed by atoms with E-state index in [0.717, 1.165) is 30.8 Å². The number of nitrogens with zero attached hydrogens (tertiary/aromatic N) is 7. The Morgan fingerprint density at radius 1 is 1.38 bits per heavy atom. The Kier molecular flexibility index (Phi) is 5.56. The number of hydrazone groups is 1. The van der Waals surface area contributed by atoms with Crippen LogP contribution in [0.25, 0.3) is 5.82 Å². The van der Waals surface area contributed by atoms with E-state index in [9.17, 15) is 4.79 Å². The van der Waals surface area contributed by atoms with Crippen LogP contribution >= 0.6 is 22.9 Å². The number of carbonyl (C=O) groups excluding carboxylic acids is 1. The van der Waals surface area contributed by atoms with Gasteiger partial charge in [0.15, 0.2) is 5.69 Å². The summed E-state index contributed by atoms with van der Waals surface area (Å²) in [6.07, 6.45) is 2.23. The largest absolute Gasteiger partial charge is 0.378 e. The summed E-state index contributed by atoms with van der Waals surface area (Å²) in [6, 6.07) is 3.61. The van der Waals surface area contributed by atoms with Crippen LogP contribution in [-0.4, -0.2) is 54.9 Å². The first-order valence-corrected chi connectivity index (χ1v) is 10.1. The van der Waals surface area contributed by atoms with E-state index in [4.69, 9.17) is 17.3 Å². The number of nitrogens with one attached hydrogen (secondary N) is 1. The maximum atomic E-state index is 13.0. The van der Waals surface area contributed by atoms with Gasteiger partial charge in [-0.25, -0.2) is 10.1 Å². The van der Waals surface area contributed by atoms with E-state index in [1.165, 1.54) is 16.0 Å². The normalized spacial score (nSPS) is 15.2. The molecule has 0 atom stereocenters. The fourth-order valence-corrected chi connectivity index (χ4v) is 4.02. The number of anilines is 1. The molecule has 0 unspecified atom stereocenters. The molecule has 29 heavy (non-hydrogen) atoms. The molecule has 152 valence electrons. The molecular formula is C16H18ClN9O2S. The number of nitrogen functional groups attached to an aromatic ring is 1. The summed E-state index contributed by atoms with van der Waals surface area (Å²) in [7, 11) is 0. The van der Waals surface area contributed by atoms with Crippen LogP contribution in [-0.2, 0) is 6.54 Å². The number of hydrogen-bond donors (Lipinski definition) is 2. The number of halogens is 1. The van der Waals surface area contributed by atoms with Crippen molar-refractivity contribution in [2.24, 2.45) is 5.10 Å². The van der Waals surface area contributed by atoms with Crippen molar-refractivity contribution in [3.05, 3.63) is 32.7 Å². The van der Waals surface area contributed by atoms with Crippen LogP contribution in [0.1, 0.15) is 40.8 Å². The third-order valence-corrected chi connectivity index (χ3v) is 5.82. The van der Waals surface area contributed by atoms with Crippen molar-refractivity contribution in [3.63, 3.8) is 0 Å². The maximum Gasteiger partial charge on any atom is 0.292 e. The first-order valence-electron chi connectivity index (χ1n) is 8.88. The monoisotopic (exact) mass is 435 g/mol. The van der Waals surface area contributed by atoms with E-state index in [0.29, 0.717) is 22.3 Å². The van der Waals surface area contributed by atoms with E-state index >= 15 is 0 Å². The lowest BCUT2D eigenvalue weighted by atomic mass is 10.2. The predicted molar refractivity (Wildman–Crippen MR) is 107 cm³/mol. The number of likely N-dealkylation sites (tertiary alicyclic amines) is 1. The molecule has 4 heterocycles. The van der Waals surface area contributed by atoms with E-state index in [1.807, 2.05) is 6.07 Å². The minimum Gasteiger partial charge on any atom is -0.378 e. The first kappa shape index (κ1) is 19.5. The SMILES string of the molecule is CC(=NNC(=O)c1c(CN2CCCC2)nnn1-c1nonc1N)c1ccc(Cl)s1. The molecule has 3 N–H and O–H groups in total. The molecule has 4 rings (SSSR count). The van der Waals surface area contributed by atoms with Gasteiger partial charge < -0.3 is 5.73 Å². The van der Waals surface area contributed by atoms with Gasteiger partial charge in [-0.05, 0) is 55.3 Å². The highest BCUT2D eigenvalue weighted by Gasteiger charge is 2.27. The summed E-state index contributed by atoms with van der Waals surface area (Å²) >= 11 is 7.33. The lowest BCUT2D eigenvalue weighted by Crippen LogP contribution is -2.26. The Morgan fingerprint density at radius 2 is 2.17 bits per heavy atom. The lowest BCUT2D eigenvalue weighted by molar-refractivity contribution is 0.0945. The highest BCUT2D eigenvalue weighted by molar-refractivity contribution is 7.18. The molecule has 0 aliphatic carbocycles. The molecule has 3 aromatic rings. The zero-order valence-electron chi connectivity index (χ0n) is 15.5. The molecule has 11 nitrogen and oxygen atoms in total. The van der Waals surface area contributed by atoms with Crippen LogP contribution in [0.5, 0.6) is 0 Å². The Labute approximate surface area is 174 Å². The van der Waals surface area contributed by atoms with Crippen LogP contribution < -0.4 is 11.2 Å². The van der Waals surface area contributed by atoms with Gasteiger partial charge in [-0.15, -0.1) is 16.4 Å². The zero-order valence-corrected chi connectivity index (χ0v) is 17.1. The van der Waals surface area contributed by atoms with Gasteiger partial charge in [-0.1, -0.05) is 16.8 Å². The van der Waals surface area contributed by atoms with E-state index < -0.39 is 5.91 Å². The second-order valence-electron chi connectivity index (χ2n) is 6.49. The van der Waals surface area contributed by atoms with Gasteiger partial charge in [0, 0.05) is 6.54 Å². The Balaban J connectivity index is 1.63. The number of thiophene rings is 1. The Hall–Kier alpha value is -2.83. The first-order chi connectivity index (χ1) is 14.0. The molecule has 1 aliphatic heterocycles.